The summed E-state index contributed by atoms with van der Waals surface area (Å²) in [5.74, 6) is 0.0298. The quantitative estimate of drug-likeness (QED) is 0.793. The van der Waals surface area contributed by atoms with E-state index >= 15 is 0 Å². The standard InChI is InChI=1S/C12H21N3O/c1-4-11(13)10-5-6-15(7-10)8-12(16)14-9(2)3/h5-7,9,11H,4,8,13H2,1-3H3,(H,14,16). The topological polar surface area (TPSA) is 60.0 Å². The first-order chi connectivity index (χ1) is 7.52. The summed E-state index contributed by atoms with van der Waals surface area (Å²) in [4.78, 5) is 11.5. The highest BCUT2D eigenvalue weighted by atomic mass is 16.2. The van der Waals surface area contributed by atoms with E-state index in [9.17, 15) is 4.79 Å². The average Bonchev–Trinajstić information content (AvgIpc) is 2.63. The Bertz CT molecular complexity index is 344. The fraction of sp³-hybridized carbons (Fsp3) is 0.583. The third kappa shape index (κ3) is 3.70. The van der Waals surface area contributed by atoms with E-state index < -0.39 is 0 Å². The van der Waals surface area contributed by atoms with Gasteiger partial charge in [-0.1, -0.05) is 6.92 Å². The van der Waals surface area contributed by atoms with Gasteiger partial charge in [0.2, 0.25) is 5.91 Å². The van der Waals surface area contributed by atoms with Crippen LogP contribution in [0.5, 0.6) is 0 Å². The molecule has 1 amide bonds. The summed E-state index contributed by atoms with van der Waals surface area (Å²) in [5.41, 5.74) is 6.99. The minimum absolute atomic E-state index is 0.0298. The molecule has 0 aliphatic heterocycles. The number of nitrogens with one attached hydrogen (secondary N) is 1. The maximum absolute atomic E-state index is 11.5. The first kappa shape index (κ1) is 12.8. The van der Waals surface area contributed by atoms with Gasteiger partial charge >= 0.3 is 0 Å². The molecular weight excluding hydrogens is 202 g/mol. The highest BCUT2D eigenvalue weighted by Crippen LogP contribution is 2.13. The van der Waals surface area contributed by atoms with Gasteiger partial charge in [0, 0.05) is 24.5 Å². The van der Waals surface area contributed by atoms with Crippen molar-refractivity contribution < 1.29 is 4.79 Å². The van der Waals surface area contributed by atoms with Crippen LogP contribution in [0.3, 0.4) is 0 Å². The van der Waals surface area contributed by atoms with E-state index in [0.717, 1.165) is 12.0 Å². The Balaban J connectivity index is 2.55. The van der Waals surface area contributed by atoms with Crippen molar-refractivity contribution in [2.75, 3.05) is 0 Å². The molecule has 1 heterocycles. The van der Waals surface area contributed by atoms with Crippen LogP contribution in [0.1, 0.15) is 38.8 Å². The van der Waals surface area contributed by atoms with Crippen molar-refractivity contribution >= 4 is 5.91 Å². The second kappa shape index (κ2) is 5.70. The lowest BCUT2D eigenvalue weighted by Crippen LogP contribution is -2.32. The number of carbonyl (C=O) groups is 1. The number of carbonyl (C=O) groups excluding carboxylic acids is 1. The molecule has 16 heavy (non-hydrogen) atoms. The SMILES string of the molecule is CCC(N)c1ccn(CC(=O)NC(C)C)c1. The number of nitrogens with zero attached hydrogens (tertiary/aromatic N) is 1. The maximum Gasteiger partial charge on any atom is 0.240 e. The molecule has 1 unspecified atom stereocenters. The smallest absolute Gasteiger partial charge is 0.240 e. The van der Waals surface area contributed by atoms with E-state index in [0.29, 0.717) is 6.54 Å². The van der Waals surface area contributed by atoms with E-state index in [1.54, 1.807) is 0 Å². The van der Waals surface area contributed by atoms with Crippen LogP contribution in [0.15, 0.2) is 18.5 Å². The van der Waals surface area contributed by atoms with E-state index in [4.69, 9.17) is 5.73 Å². The van der Waals surface area contributed by atoms with Gasteiger partial charge in [0.05, 0.1) is 0 Å². The van der Waals surface area contributed by atoms with E-state index in [-0.39, 0.29) is 18.0 Å². The van der Waals surface area contributed by atoms with Crippen molar-refractivity contribution in [1.82, 2.24) is 9.88 Å². The predicted molar refractivity (Wildman–Crippen MR) is 64.9 cm³/mol. The van der Waals surface area contributed by atoms with Gasteiger partial charge < -0.3 is 15.6 Å². The largest absolute Gasteiger partial charge is 0.352 e. The molecule has 0 radical (unpaired) electrons. The molecule has 0 aliphatic rings. The van der Waals surface area contributed by atoms with Crippen LogP contribution in [0.25, 0.3) is 0 Å². The lowest BCUT2D eigenvalue weighted by molar-refractivity contribution is -0.122. The molecule has 4 nitrogen and oxygen atoms in total. The summed E-state index contributed by atoms with van der Waals surface area (Å²) >= 11 is 0. The van der Waals surface area contributed by atoms with Gasteiger partial charge in [0.25, 0.3) is 0 Å². The molecule has 4 heteroatoms. The molecule has 90 valence electrons. The van der Waals surface area contributed by atoms with Gasteiger partial charge in [-0.05, 0) is 31.9 Å². The Kier molecular flexibility index (Phi) is 4.55. The van der Waals surface area contributed by atoms with Gasteiger partial charge in [-0.2, -0.15) is 0 Å². The maximum atomic E-state index is 11.5. The number of rotatable bonds is 5. The normalized spacial score (nSPS) is 12.8. The molecule has 3 N–H and O–H groups in total. The summed E-state index contributed by atoms with van der Waals surface area (Å²) in [7, 11) is 0. The highest BCUT2D eigenvalue weighted by Gasteiger charge is 2.07. The number of aromatic nitrogens is 1. The van der Waals surface area contributed by atoms with Gasteiger partial charge in [-0.25, -0.2) is 0 Å². The van der Waals surface area contributed by atoms with Crippen molar-refractivity contribution in [3.05, 3.63) is 24.0 Å². The van der Waals surface area contributed by atoms with Crippen molar-refractivity contribution in [3.63, 3.8) is 0 Å². The highest BCUT2D eigenvalue weighted by molar-refractivity contribution is 5.75. The van der Waals surface area contributed by atoms with Crippen molar-refractivity contribution in [2.24, 2.45) is 5.73 Å². The molecule has 1 aromatic rings. The molecule has 0 bridgehead atoms. The third-order valence-electron chi connectivity index (χ3n) is 2.42. The lowest BCUT2D eigenvalue weighted by Gasteiger charge is -2.09. The number of nitrogens with two attached hydrogens (primary N) is 1. The zero-order chi connectivity index (χ0) is 12.1. The average molecular weight is 223 g/mol. The molecule has 1 aromatic heterocycles. The summed E-state index contributed by atoms with van der Waals surface area (Å²) < 4.78 is 1.86. The Morgan fingerprint density at radius 3 is 2.81 bits per heavy atom. The van der Waals surface area contributed by atoms with Crippen molar-refractivity contribution in [1.29, 1.82) is 0 Å². The van der Waals surface area contributed by atoms with Gasteiger partial charge in [0.15, 0.2) is 0 Å². The molecule has 0 fully saturated rings. The first-order valence-electron chi connectivity index (χ1n) is 5.73. The minimum atomic E-state index is 0.0298. The van der Waals surface area contributed by atoms with Gasteiger partial charge in [-0.3, -0.25) is 4.79 Å². The van der Waals surface area contributed by atoms with Crippen LogP contribution in [0, 0.1) is 0 Å². The van der Waals surface area contributed by atoms with E-state index in [1.807, 2.05) is 43.8 Å². The van der Waals surface area contributed by atoms with Crippen LogP contribution >= 0.6 is 0 Å². The molecule has 0 saturated carbocycles. The van der Waals surface area contributed by atoms with Crippen LogP contribution < -0.4 is 11.1 Å². The fourth-order valence-electron chi connectivity index (χ4n) is 1.55. The first-order valence-corrected chi connectivity index (χ1v) is 5.73. The molecule has 0 aromatic carbocycles. The molecule has 1 atom stereocenters. The molecule has 0 spiro atoms. The summed E-state index contributed by atoms with van der Waals surface area (Å²) in [6, 6.07) is 2.21. The molecule has 0 saturated heterocycles. The van der Waals surface area contributed by atoms with Crippen LogP contribution in [-0.2, 0) is 11.3 Å². The fourth-order valence-corrected chi connectivity index (χ4v) is 1.55. The Morgan fingerprint density at radius 1 is 1.56 bits per heavy atom. The zero-order valence-electron chi connectivity index (χ0n) is 10.2. The molecule has 1 rings (SSSR count). The summed E-state index contributed by atoms with van der Waals surface area (Å²) in [6.45, 7) is 6.31. The molecular formula is C12H21N3O. The van der Waals surface area contributed by atoms with E-state index in [1.165, 1.54) is 0 Å². The second-order valence-electron chi connectivity index (χ2n) is 4.35. The van der Waals surface area contributed by atoms with Crippen molar-refractivity contribution in [3.8, 4) is 0 Å². The van der Waals surface area contributed by atoms with Crippen molar-refractivity contribution in [2.45, 2.75) is 45.8 Å². The lowest BCUT2D eigenvalue weighted by atomic mass is 10.1. The Hall–Kier alpha value is -1.29. The number of hydrogen-bond acceptors (Lipinski definition) is 2. The number of amides is 1. The van der Waals surface area contributed by atoms with Gasteiger partial charge in [-0.15, -0.1) is 0 Å². The predicted octanol–water partition coefficient (Wildman–Crippen LogP) is 1.42. The van der Waals surface area contributed by atoms with Crippen LogP contribution in [0.2, 0.25) is 0 Å². The summed E-state index contributed by atoms with van der Waals surface area (Å²) in [5, 5.41) is 2.85. The van der Waals surface area contributed by atoms with Gasteiger partial charge in [0.1, 0.15) is 6.54 Å². The second-order valence-corrected chi connectivity index (χ2v) is 4.35. The third-order valence-corrected chi connectivity index (χ3v) is 2.42. The van der Waals surface area contributed by atoms with E-state index in [2.05, 4.69) is 5.32 Å². The Labute approximate surface area is 96.8 Å². The Morgan fingerprint density at radius 2 is 2.25 bits per heavy atom. The zero-order valence-corrected chi connectivity index (χ0v) is 10.2. The molecule has 0 aliphatic carbocycles. The monoisotopic (exact) mass is 223 g/mol. The van der Waals surface area contributed by atoms with Crippen LogP contribution in [-0.4, -0.2) is 16.5 Å². The minimum Gasteiger partial charge on any atom is -0.352 e. The number of hydrogen-bond donors (Lipinski definition) is 2. The summed E-state index contributed by atoms with van der Waals surface area (Å²) in [6.07, 6.45) is 4.74. The van der Waals surface area contributed by atoms with Crippen LogP contribution in [0.4, 0.5) is 0 Å².